The van der Waals surface area contributed by atoms with Crippen LogP contribution < -0.4 is 10.2 Å². The van der Waals surface area contributed by atoms with Crippen LogP contribution in [0.3, 0.4) is 0 Å². The molecular weight excluding hydrogens is 415 g/mol. The van der Waals surface area contributed by atoms with Crippen molar-refractivity contribution in [1.82, 2.24) is 0 Å². The maximum Gasteiger partial charge on any atom is 0.227 e. The van der Waals surface area contributed by atoms with Crippen LogP contribution in [0, 0.1) is 9.49 Å². The van der Waals surface area contributed by atoms with Crippen molar-refractivity contribution in [2.75, 3.05) is 23.3 Å². The summed E-state index contributed by atoms with van der Waals surface area (Å²) in [5.74, 6) is 0.155. The van der Waals surface area contributed by atoms with Crippen molar-refractivity contribution in [3.63, 3.8) is 0 Å². The molecule has 0 spiro atoms. The van der Waals surface area contributed by atoms with Crippen molar-refractivity contribution in [3.8, 4) is 0 Å². The lowest BCUT2D eigenvalue weighted by Gasteiger charge is -2.33. The quantitative estimate of drug-likeness (QED) is 0.586. The molecule has 1 saturated heterocycles. The average molecular weight is 434 g/mol. The minimum absolute atomic E-state index is 0.0507. The molecule has 2 aromatic rings. The Balaban J connectivity index is 1.54. The van der Waals surface area contributed by atoms with Gasteiger partial charge >= 0.3 is 0 Å². The van der Waals surface area contributed by atoms with Gasteiger partial charge in [0.2, 0.25) is 5.91 Å². The Hall–Kier alpha value is -1.89. The third-order valence-electron chi connectivity index (χ3n) is 4.37. The maximum atomic E-state index is 12.4. The fourth-order valence-electron chi connectivity index (χ4n) is 2.94. The summed E-state index contributed by atoms with van der Waals surface area (Å²) in [5.41, 5.74) is 2.65. The van der Waals surface area contributed by atoms with E-state index in [1.807, 2.05) is 48.5 Å². The highest BCUT2D eigenvalue weighted by atomic mass is 127. The molecule has 0 atom stereocenters. The van der Waals surface area contributed by atoms with Crippen LogP contribution in [0.15, 0.2) is 48.5 Å². The second-order valence-electron chi connectivity index (χ2n) is 5.97. The number of aldehydes is 1. The Labute approximate surface area is 155 Å². The van der Waals surface area contributed by atoms with Gasteiger partial charge in [0.05, 0.1) is 0 Å². The molecule has 1 fully saturated rings. The van der Waals surface area contributed by atoms with E-state index in [1.54, 1.807) is 0 Å². The van der Waals surface area contributed by atoms with Gasteiger partial charge in [-0.1, -0.05) is 0 Å². The van der Waals surface area contributed by atoms with Gasteiger partial charge in [0.15, 0.2) is 0 Å². The molecule has 0 saturated carbocycles. The molecule has 1 amide bonds. The number of piperidine rings is 1. The Morgan fingerprint density at radius 2 is 1.67 bits per heavy atom. The van der Waals surface area contributed by atoms with Gasteiger partial charge in [-0.2, -0.15) is 0 Å². The molecule has 1 heterocycles. The van der Waals surface area contributed by atoms with Gasteiger partial charge < -0.3 is 10.2 Å². The van der Waals surface area contributed by atoms with Gasteiger partial charge in [0.25, 0.3) is 0 Å². The third-order valence-corrected chi connectivity index (χ3v) is 5.09. The molecular formula is C19H19IN2O2. The second-order valence-corrected chi connectivity index (χ2v) is 7.21. The van der Waals surface area contributed by atoms with Crippen molar-refractivity contribution in [2.45, 2.75) is 12.8 Å². The second kappa shape index (κ2) is 7.79. The van der Waals surface area contributed by atoms with Crippen molar-refractivity contribution in [1.29, 1.82) is 0 Å². The zero-order chi connectivity index (χ0) is 16.9. The average Bonchev–Trinajstić information content (AvgIpc) is 2.64. The number of nitrogens with zero attached hydrogens (tertiary/aromatic N) is 1. The molecule has 0 radical (unpaired) electrons. The van der Waals surface area contributed by atoms with E-state index in [-0.39, 0.29) is 11.8 Å². The topological polar surface area (TPSA) is 49.4 Å². The van der Waals surface area contributed by atoms with Crippen LogP contribution in [0.1, 0.15) is 23.2 Å². The molecule has 0 aliphatic carbocycles. The van der Waals surface area contributed by atoms with E-state index in [9.17, 15) is 9.59 Å². The van der Waals surface area contributed by atoms with Gasteiger partial charge in [-0.05, 0) is 84.0 Å². The number of amides is 1. The predicted molar refractivity (Wildman–Crippen MR) is 105 cm³/mol. The number of hydrogen-bond acceptors (Lipinski definition) is 3. The molecule has 1 aliphatic heterocycles. The molecule has 24 heavy (non-hydrogen) atoms. The van der Waals surface area contributed by atoms with Gasteiger partial charge in [-0.15, -0.1) is 0 Å². The monoisotopic (exact) mass is 434 g/mol. The lowest BCUT2D eigenvalue weighted by molar-refractivity contribution is -0.120. The molecule has 0 aromatic heterocycles. The van der Waals surface area contributed by atoms with Crippen LogP contribution in [0.25, 0.3) is 0 Å². The number of carbonyl (C=O) groups is 2. The van der Waals surface area contributed by atoms with E-state index in [0.717, 1.165) is 47.2 Å². The van der Waals surface area contributed by atoms with Crippen LogP contribution in [0.5, 0.6) is 0 Å². The first-order valence-corrected chi connectivity index (χ1v) is 9.10. The zero-order valence-electron chi connectivity index (χ0n) is 13.2. The highest BCUT2D eigenvalue weighted by Crippen LogP contribution is 2.24. The molecule has 0 unspecified atom stereocenters. The summed E-state index contributed by atoms with van der Waals surface area (Å²) in [6.07, 6.45) is 2.53. The molecule has 4 nitrogen and oxygen atoms in total. The first kappa shape index (κ1) is 17.0. The van der Waals surface area contributed by atoms with Crippen molar-refractivity contribution < 1.29 is 9.59 Å². The van der Waals surface area contributed by atoms with E-state index >= 15 is 0 Å². The first-order chi connectivity index (χ1) is 11.7. The predicted octanol–water partition coefficient (Wildman–Crippen LogP) is 3.96. The van der Waals surface area contributed by atoms with Crippen molar-refractivity contribution >= 4 is 46.2 Å². The highest BCUT2D eigenvalue weighted by Gasteiger charge is 2.25. The van der Waals surface area contributed by atoms with Crippen molar-refractivity contribution in [3.05, 3.63) is 57.7 Å². The minimum Gasteiger partial charge on any atom is -0.371 e. The summed E-state index contributed by atoms with van der Waals surface area (Å²) in [6.45, 7) is 1.70. The summed E-state index contributed by atoms with van der Waals surface area (Å²) >= 11 is 2.25. The molecule has 3 rings (SSSR count). The maximum absolute atomic E-state index is 12.4. The fourth-order valence-corrected chi connectivity index (χ4v) is 3.30. The van der Waals surface area contributed by atoms with Crippen LogP contribution in [0.4, 0.5) is 11.4 Å². The van der Waals surface area contributed by atoms with Crippen LogP contribution in [-0.4, -0.2) is 25.3 Å². The summed E-state index contributed by atoms with van der Waals surface area (Å²) in [7, 11) is 0. The first-order valence-electron chi connectivity index (χ1n) is 8.02. The van der Waals surface area contributed by atoms with E-state index in [1.165, 1.54) is 0 Å². The summed E-state index contributed by atoms with van der Waals surface area (Å²) in [6, 6.07) is 15.4. The number of rotatable bonds is 4. The van der Waals surface area contributed by atoms with E-state index in [4.69, 9.17) is 0 Å². The molecule has 2 aromatic carbocycles. The minimum atomic E-state index is 0.0507. The van der Waals surface area contributed by atoms with Gasteiger partial charge in [0.1, 0.15) is 6.29 Å². The number of benzene rings is 2. The fraction of sp³-hybridized carbons (Fsp3) is 0.263. The number of anilines is 2. The van der Waals surface area contributed by atoms with E-state index in [2.05, 4.69) is 32.8 Å². The lowest BCUT2D eigenvalue weighted by atomic mass is 9.95. The smallest absolute Gasteiger partial charge is 0.227 e. The molecule has 1 aliphatic rings. The van der Waals surface area contributed by atoms with Gasteiger partial charge in [0, 0.05) is 39.5 Å². The van der Waals surface area contributed by atoms with Crippen LogP contribution >= 0.6 is 22.6 Å². The Kier molecular flexibility index (Phi) is 5.50. The van der Waals surface area contributed by atoms with E-state index in [0.29, 0.717) is 5.56 Å². The molecule has 0 bridgehead atoms. The van der Waals surface area contributed by atoms with Gasteiger partial charge in [-0.25, -0.2) is 0 Å². The third kappa shape index (κ3) is 4.14. The van der Waals surface area contributed by atoms with E-state index < -0.39 is 0 Å². The standard InChI is InChI=1S/C19H19IN2O2/c20-16-3-5-17(6-4-16)21-19(24)15-9-11-22(12-10-15)18-7-1-14(13-23)2-8-18/h1-8,13,15H,9-12H2,(H,21,24). The Morgan fingerprint density at radius 3 is 2.25 bits per heavy atom. The molecule has 124 valence electrons. The number of nitrogens with one attached hydrogen (secondary N) is 1. The zero-order valence-corrected chi connectivity index (χ0v) is 15.4. The number of carbonyl (C=O) groups excluding carboxylic acids is 2. The summed E-state index contributed by atoms with van der Waals surface area (Å²) in [5, 5.41) is 3.01. The normalized spacial score (nSPS) is 15.1. The molecule has 5 heteroatoms. The molecule has 1 N–H and O–H groups in total. The highest BCUT2D eigenvalue weighted by molar-refractivity contribution is 14.1. The number of hydrogen-bond donors (Lipinski definition) is 1. The Morgan fingerprint density at radius 1 is 1.04 bits per heavy atom. The van der Waals surface area contributed by atoms with Crippen LogP contribution in [0.2, 0.25) is 0 Å². The van der Waals surface area contributed by atoms with Crippen LogP contribution in [-0.2, 0) is 4.79 Å². The van der Waals surface area contributed by atoms with Gasteiger partial charge in [-0.3, -0.25) is 9.59 Å². The lowest BCUT2D eigenvalue weighted by Crippen LogP contribution is -2.38. The van der Waals surface area contributed by atoms with Crippen molar-refractivity contribution in [2.24, 2.45) is 5.92 Å². The Bertz CT molecular complexity index is 705. The summed E-state index contributed by atoms with van der Waals surface area (Å²) < 4.78 is 1.15. The summed E-state index contributed by atoms with van der Waals surface area (Å²) in [4.78, 5) is 25.4. The largest absolute Gasteiger partial charge is 0.371 e. The number of halogens is 1. The SMILES string of the molecule is O=Cc1ccc(N2CCC(C(=O)Nc3ccc(I)cc3)CC2)cc1.